The van der Waals surface area contributed by atoms with Gasteiger partial charge in [0.25, 0.3) is 0 Å². The second-order valence-corrected chi connectivity index (χ2v) is 3.64. The number of hydrogen-bond donors (Lipinski definition) is 1. The fourth-order valence-corrected chi connectivity index (χ4v) is 1.36. The van der Waals surface area contributed by atoms with E-state index in [-0.39, 0.29) is 0 Å². The van der Waals surface area contributed by atoms with Crippen LogP contribution in [0.25, 0.3) is 0 Å². The van der Waals surface area contributed by atoms with Crippen LogP contribution in [0.15, 0.2) is 12.4 Å². The Bertz CT molecular complexity index is 273. The predicted molar refractivity (Wildman–Crippen MR) is 58.3 cm³/mol. The fraction of sp³-hybridized carbons (Fsp3) is 0.636. The van der Waals surface area contributed by atoms with Gasteiger partial charge < -0.3 is 5.32 Å². The molecule has 1 rings (SSSR count). The number of nitrogens with zero attached hydrogens (tertiary/aromatic N) is 2. The van der Waals surface area contributed by atoms with E-state index in [2.05, 4.69) is 35.2 Å². The van der Waals surface area contributed by atoms with Gasteiger partial charge in [0.2, 0.25) is 0 Å². The molecule has 3 heteroatoms. The lowest BCUT2D eigenvalue weighted by atomic mass is 10.1. The number of nitrogens with one attached hydrogen (secondary N) is 1. The number of rotatable bonds is 5. The summed E-state index contributed by atoms with van der Waals surface area (Å²) in [5, 5.41) is 3.20. The molecule has 0 bridgehead atoms. The highest BCUT2D eigenvalue weighted by molar-refractivity contribution is 5.09. The molecule has 0 spiro atoms. The van der Waals surface area contributed by atoms with Gasteiger partial charge in [0.1, 0.15) is 6.33 Å². The van der Waals surface area contributed by atoms with E-state index in [1.165, 1.54) is 0 Å². The molecule has 3 nitrogen and oxygen atoms in total. The Morgan fingerprint density at radius 1 is 1.36 bits per heavy atom. The zero-order chi connectivity index (χ0) is 10.4. The molecule has 0 saturated heterocycles. The van der Waals surface area contributed by atoms with Gasteiger partial charge in [-0.3, -0.25) is 0 Å². The number of hydrogen-bond acceptors (Lipinski definition) is 3. The first kappa shape index (κ1) is 11.1. The highest BCUT2D eigenvalue weighted by Crippen LogP contribution is 2.03. The minimum absolute atomic E-state index is 0.472. The number of aryl methyl sites for hydroxylation is 1. The third-order valence-electron chi connectivity index (χ3n) is 2.29. The van der Waals surface area contributed by atoms with Gasteiger partial charge in [-0.05, 0) is 26.5 Å². The summed E-state index contributed by atoms with van der Waals surface area (Å²) >= 11 is 0. The molecule has 1 aromatic rings. The molecule has 0 amide bonds. The molecule has 1 aromatic heterocycles. The minimum atomic E-state index is 0.472. The molecule has 14 heavy (non-hydrogen) atoms. The van der Waals surface area contributed by atoms with Crippen molar-refractivity contribution >= 4 is 0 Å². The molecule has 1 heterocycles. The zero-order valence-electron chi connectivity index (χ0n) is 9.25. The molecule has 0 aliphatic heterocycles. The zero-order valence-corrected chi connectivity index (χ0v) is 9.25. The topological polar surface area (TPSA) is 37.8 Å². The molecule has 0 radical (unpaired) electrons. The van der Waals surface area contributed by atoms with Crippen molar-refractivity contribution < 1.29 is 0 Å². The fourth-order valence-electron chi connectivity index (χ4n) is 1.36. The molecular weight excluding hydrogens is 174 g/mol. The summed E-state index contributed by atoms with van der Waals surface area (Å²) in [5.41, 5.74) is 2.28. The smallest absolute Gasteiger partial charge is 0.115 e. The maximum Gasteiger partial charge on any atom is 0.115 e. The third kappa shape index (κ3) is 3.42. The van der Waals surface area contributed by atoms with Gasteiger partial charge in [-0.25, -0.2) is 9.97 Å². The van der Waals surface area contributed by atoms with Gasteiger partial charge in [0.15, 0.2) is 0 Å². The molecule has 78 valence electrons. The second kappa shape index (κ2) is 5.70. The summed E-state index contributed by atoms with van der Waals surface area (Å²) in [5.74, 6) is 0. The molecule has 1 atom stereocenters. The molecule has 1 unspecified atom stereocenters. The third-order valence-corrected chi connectivity index (χ3v) is 2.29. The Labute approximate surface area is 86.0 Å². The summed E-state index contributed by atoms with van der Waals surface area (Å²) in [6.45, 7) is 4.32. The normalized spacial score (nSPS) is 12.8. The van der Waals surface area contributed by atoms with Crippen molar-refractivity contribution in [1.29, 1.82) is 0 Å². The van der Waals surface area contributed by atoms with E-state index in [0.29, 0.717) is 6.04 Å². The summed E-state index contributed by atoms with van der Waals surface area (Å²) in [6, 6.07) is 2.58. The van der Waals surface area contributed by atoms with Gasteiger partial charge >= 0.3 is 0 Å². The van der Waals surface area contributed by atoms with Crippen LogP contribution in [0.5, 0.6) is 0 Å². The summed E-state index contributed by atoms with van der Waals surface area (Å²) in [4.78, 5) is 8.49. The van der Waals surface area contributed by atoms with Crippen molar-refractivity contribution in [2.24, 2.45) is 0 Å². The Hall–Kier alpha value is -0.960. The second-order valence-electron chi connectivity index (χ2n) is 3.64. The molecule has 0 saturated carbocycles. The van der Waals surface area contributed by atoms with Crippen LogP contribution in [-0.2, 0) is 12.8 Å². The SMILES string of the molecule is CCCc1cc(CC(C)NC)ncn1. The van der Waals surface area contributed by atoms with Gasteiger partial charge in [-0.2, -0.15) is 0 Å². The van der Waals surface area contributed by atoms with Crippen LogP contribution in [0.1, 0.15) is 31.7 Å². The quantitative estimate of drug-likeness (QED) is 0.771. The van der Waals surface area contributed by atoms with Crippen molar-refractivity contribution in [2.75, 3.05) is 7.05 Å². The molecule has 0 aliphatic rings. The van der Waals surface area contributed by atoms with Crippen molar-refractivity contribution in [1.82, 2.24) is 15.3 Å². The van der Waals surface area contributed by atoms with Crippen molar-refractivity contribution in [3.63, 3.8) is 0 Å². The van der Waals surface area contributed by atoms with E-state index in [4.69, 9.17) is 0 Å². The van der Waals surface area contributed by atoms with Crippen LogP contribution in [0.2, 0.25) is 0 Å². The molecule has 0 aliphatic carbocycles. The van der Waals surface area contributed by atoms with E-state index in [0.717, 1.165) is 30.7 Å². The van der Waals surface area contributed by atoms with Gasteiger partial charge in [0, 0.05) is 23.9 Å². The average Bonchev–Trinajstić information content (AvgIpc) is 2.19. The summed E-state index contributed by atoms with van der Waals surface area (Å²) < 4.78 is 0. The maximum atomic E-state index is 4.26. The Morgan fingerprint density at radius 2 is 2.07 bits per heavy atom. The van der Waals surface area contributed by atoms with E-state index in [9.17, 15) is 0 Å². The molecule has 0 aromatic carbocycles. The first-order valence-electron chi connectivity index (χ1n) is 5.23. The molecular formula is C11H19N3. The lowest BCUT2D eigenvalue weighted by Crippen LogP contribution is -2.24. The largest absolute Gasteiger partial charge is 0.317 e. The number of likely N-dealkylation sites (N-methyl/N-ethyl adjacent to an activating group) is 1. The Kier molecular flexibility index (Phi) is 4.53. The van der Waals surface area contributed by atoms with Crippen LogP contribution < -0.4 is 5.32 Å². The highest BCUT2D eigenvalue weighted by Gasteiger charge is 2.02. The van der Waals surface area contributed by atoms with E-state index in [1.54, 1.807) is 6.33 Å². The van der Waals surface area contributed by atoms with Crippen LogP contribution in [0.4, 0.5) is 0 Å². The van der Waals surface area contributed by atoms with E-state index in [1.807, 2.05) is 7.05 Å². The van der Waals surface area contributed by atoms with Crippen LogP contribution >= 0.6 is 0 Å². The van der Waals surface area contributed by atoms with Crippen LogP contribution in [0.3, 0.4) is 0 Å². The Morgan fingerprint density at radius 3 is 2.71 bits per heavy atom. The monoisotopic (exact) mass is 193 g/mol. The average molecular weight is 193 g/mol. The van der Waals surface area contributed by atoms with Crippen molar-refractivity contribution in [3.05, 3.63) is 23.8 Å². The van der Waals surface area contributed by atoms with E-state index < -0.39 is 0 Å². The summed E-state index contributed by atoms with van der Waals surface area (Å²) in [6.07, 6.45) is 4.82. The van der Waals surface area contributed by atoms with Crippen molar-refractivity contribution in [3.8, 4) is 0 Å². The maximum absolute atomic E-state index is 4.26. The van der Waals surface area contributed by atoms with E-state index >= 15 is 0 Å². The minimum Gasteiger partial charge on any atom is -0.317 e. The standard InChI is InChI=1S/C11H19N3/c1-4-5-10-7-11(14-8-13-10)6-9(2)12-3/h7-9,12H,4-6H2,1-3H3. The van der Waals surface area contributed by atoms with Crippen LogP contribution in [-0.4, -0.2) is 23.1 Å². The first-order valence-corrected chi connectivity index (χ1v) is 5.23. The summed E-state index contributed by atoms with van der Waals surface area (Å²) in [7, 11) is 1.97. The first-order chi connectivity index (χ1) is 6.76. The van der Waals surface area contributed by atoms with Crippen LogP contribution in [0, 0.1) is 0 Å². The predicted octanol–water partition coefficient (Wildman–Crippen LogP) is 1.58. The van der Waals surface area contributed by atoms with Gasteiger partial charge in [-0.15, -0.1) is 0 Å². The lowest BCUT2D eigenvalue weighted by Gasteiger charge is -2.09. The van der Waals surface area contributed by atoms with Gasteiger partial charge in [0.05, 0.1) is 0 Å². The van der Waals surface area contributed by atoms with Gasteiger partial charge in [-0.1, -0.05) is 13.3 Å². The van der Waals surface area contributed by atoms with Crippen molar-refractivity contribution in [2.45, 2.75) is 39.2 Å². The lowest BCUT2D eigenvalue weighted by molar-refractivity contribution is 0.599. The Balaban J connectivity index is 2.63. The molecule has 0 fully saturated rings. The highest BCUT2D eigenvalue weighted by atomic mass is 14.9. The number of aromatic nitrogens is 2. The molecule has 1 N–H and O–H groups in total.